The molecule has 2 aromatic carbocycles. The molecule has 1 aliphatic heterocycles. The molecule has 4 rings (SSSR count). The molecule has 1 unspecified atom stereocenters. The van der Waals surface area contributed by atoms with E-state index in [4.69, 9.17) is 14.5 Å². The molecule has 1 aliphatic rings. The predicted octanol–water partition coefficient (Wildman–Crippen LogP) is 3.82. The normalized spacial score (nSPS) is 16.5. The van der Waals surface area contributed by atoms with Gasteiger partial charge in [-0.25, -0.2) is 4.98 Å². The molecule has 0 spiro atoms. The maximum atomic E-state index is 10.6. The molecule has 0 amide bonds. The van der Waals surface area contributed by atoms with Crippen molar-refractivity contribution in [2.24, 2.45) is 0 Å². The van der Waals surface area contributed by atoms with Crippen molar-refractivity contribution in [1.82, 2.24) is 9.55 Å². The topological polar surface area (TPSA) is 56.5 Å². The fourth-order valence-electron chi connectivity index (χ4n) is 3.81. The Balaban J connectivity index is 1.44. The van der Waals surface area contributed by atoms with Gasteiger partial charge in [-0.2, -0.15) is 0 Å². The van der Waals surface area contributed by atoms with Gasteiger partial charge in [-0.05, 0) is 37.5 Å². The standard InChI is InChI=1S/C23H28N2O3/c1-17-6-8-18(9-7-17)15-28-16-20(26)14-25-22-5-3-2-4-21(22)24-23(25)19-10-12-27-13-11-19/h2-9,19-20,26H,10-16H2,1H3. The van der Waals surface area contributed by atoms with Crippen LogP contribution in [0.2, 0.25) is 0 Å². The first kappa shape index (κ1) is 19.1. The summed E-state index contributed by atoms with van der Waals surface area (Å²) >= 11 is 0. The van der Waals surface area contributed by atoms with E-state index < -0.39 is 6.10 Å². The predicted molar refractivity (Wildman–Crippen MR) is 109 cm³/mol. The van der Waals surface area contributed by atoms with E-state index in [0.29, 0.717) is 25.7 Å². The van der Waals surface area contributed by atoms with Gasteiger partial charge in [-0.3, -0.25) is 0 Å². The number of aromatic nitrogens is 2. The Morgan fingerprint density at radius 1 is 1.14 bits per heavy atom. The fraction of sp³-hybridized carbons (Fsp3) is 0.435. The number of hydrogen-bond donors (Lipinski definition) is 1. The van der Waals surface area contributed by atoms with E-state index in [1.165, 1.54) is 5.56 Å². The molecule has 5 heteroatoms. The smallest absolute Gasteiger partial charge is 0.113 e. The summed E-state index contributed by atoms with van der Waals surface area (Å²) in [6.45, 7) is 4.91. The van der Waals surface area contributed by atoms with Crippen LogP contribution in [0.25, 0.3) is 11.0 Å². The summed E-state index contributed by atoms with van der Waals surface area (Å²) in [6, 6.07) is 16.4. The number of benzene rings is 2. The van der Waals surface area contributed by atoms with E-state index in [-0.39, 0.29) is 0 Å². The second kappa shape index (κ2) is 8.86. The van der Waals surface area contributed by atoms with Gasteiger partial charge in [0.25, 0.3) is 0 Å². The maximum Gasteiger partial charge on any atom is 0.113 e. The lowest BCUT2D eigenvalue weighted by Gasteiger charge is -2.23. The minimum atomic E-state index is -0.582. The van der Waals surface area contributed by atoms with Crippen molar-refractivity contribution in [3.8, 4) is 0 Å². The largest absolute Gasteiger partial charge is 0.389 e. The molecule has 1 saturated heterocycles. The third-order valence-corrected chi connectivity index (χ3v) is 5.36. The van der Waals surface area contributed by atoms with Gasteiger partial charge in [-0.1, -0.05) is 42.0 Å². The molecule has 1 fully saturated rings. The molecule has 148 valence electrons. The first-order chi connectivity index (χ1) is 13.7. The first-order valence-electron chi connectivity index (χ1n) is 10.0. The zero-order valence-corrected chi connectivity index (χ0v) is 16.4. The average molecular weight is 380 g/mol. The minimum absolute atomic E-state index is 0.299. The molecule has 5 nitrogen and oxygen atoms in total. The van der Waals surface area contributed by atoms with Crippen LogP contribution in [-0.2, 0) is 22.6 Å². The number of aryl methyl sites for hydroxylation is 1. The number of fused-ring (bicyclic) bond motifs is 1. The lowest BCUT2D eigenvalue weighted by atomic mass is 9.99. The van der Waals surface area contributed by atoms with E-state index >= 15 is 0 Å². The van der Waals surface area contributed by atoms with Gasteiger partial charge < -0.3 is 19.1 Å². The quantitative estimate of drug-likeness (QED) is 0.677. The van der Waals surface area contributed by atoms with Gasteiger partial charge in [0.1, 0.15) is 5.82 Å². The molecule has 3 aromatic rings. The van der Waals surface area contributed by atoms with Gasteiger partial charge in [0.05, 0.1) is 36.9 Å². The Bertz CT molecular complexity index is 898. The van der Waals surface area contributed by atoms with Crippen LogP contribution in [0.15, 0.2) is 48.5 Å². The zero-order valence-electron chi connectivity index (χ0n) is 16.4. The molecule has 0 saturated carbocycles. The number of rotatable bonds is 7. The third kappa shape index (κ3) is 4.43. The van der Waals surface area contributed by atoms with Crippen molar-refractivity contribution in [2.75, 3.05) is 19.8 Å². The zero-order chi connectivity index (χ0) is 19.3. The molecular formula is C23H28N2O3. The highest BCUT2D eigenvalue weighted by Gasteiger charge is 2.23. The van der Waals surface area contributed by atoms with Gasteiger partial charge in [0.2, 0.25) is 0 Å². The number of nitrogens with zero attached hydrogens (tertiary/aromatic N) is 2. The Labute approximate surface area is 165 Å². The van der Waals surface area contributed by atoms with Crippen LogP contribution < -0.4 is 0 Å². The Kier molecular flexibility index (Phi) is 6.05. The number of hydrogen-bond acceptors (Lipinski definition) is 4. The Morgan fingerprint density at radius 2 is 1.89 bits per heavy atom. The summed E-state index contributed by atoms with van der Waals surface area (Å²) in [7, 11) is 0. The highest BCUT2D eigenvalue weighted by atomic mass is 16.5. The van der Waals surface area contributed by atoms with E-state index in [1.807, 2.05) is 18.2 Å². The highest BCUT2D eigenvalue weighted by molar-refractivity contribution is 5.76. The summed E-state index contributed by atoms with van der Waals surface area (Å²) < 4.78 is 13.4. The van der Waals surface area contributed by atoms with Crippen LogP contribution in [0.5, 0.6) is 0 Å². The Hall–Kier alpha value is -2.21. The summed E-state index contributed by atoms with van der Waals surface area (Å²) in [5.74, 6) is 1.43. The second-order valence-electron chi connectivity index (χ2n) is 7.61. The lowest BCUT2D eigenvalue weighted by Crippen LogP contribution is -2.25. The Morgan fingerprint density at radius 3 is 2.68 bits per heavy atom. The van der Waals surface area contributed by atoms with Crippen LogP contribution in [0.1, 0.15) is 35.7 Å². The van der Waals surface area contributed by atoms with E-state index in [9.17, 15) is 5.11 Å². The van der Waals surface area contributed by atoms with E-state index in [0.717, 1.165) is 48.5 Å². The van der Waals surface area contributed by atoms with Crippen molar-refractivity contribution in [2.45, 2.75) is 44.9 Å². The SMILES string of the molecule is Cc1ccc(COCC(O)Cn2c(C3CCOCC3)nc3ccccc32)cc1. The van der Waals surface area contributed by atoms with Crippen LogP contribution in [0.4, 0.5) is 0 Å². The maximum absolute atomic E-state index is 10.6. The second-order valence-corrected chi connectivity index (χ2v) is 7.61. The van der Waals surface area contributed by atoms with E-state index in [2.05, 4.69) is 41.8 Å². The summed E-state index contributed by atoms with van der Waals surface area (Å²) in [4.78, 5) is 4.88. The van der Waals surface area contributed by atoms with Gasteiger partial charge in [0.15, 0.2) is 0 Å². The van der Waals surface area contributed by atoms with Gasteiger partial charge in [0, 0.05) is 19.1 Å². The van der Waals surface area contributed by atoms with Crippen molar-refractivity contribution in [1.29, 1.82) is 0 Å². The van der Waals surface area contributed by atoms with Crippen molar-refractivity contribution in [3.05, 3.63) is 65.5 Å². The van der Waals surface area contributed by atoms with Crippen molar-refractivity contribution < 1.29 is 14.6 Å². The molecule has 0 bridgehead atoms. The van der Waals surface area contributed by atoms with Gasteiger partial charge >= 0.3 is 0 Å². The van der Waals surface area contributed by atoms with Crippen LogP contribution in [-0.4, -0.2) is 40.6 Å². The monoisotopic (exact) mass is 380 g/mol. The summed E-state index contributed by atoms with van der Waals surface area (Å²) in [5.41, 5.74) is 4.41. The summed E-state index contributed by atoms with van der Waals surface area (Å²) in [6.07, 6.45) is 1.37. The number of imidazole rings is 1. The lowest BCUT2D eigenvalue weighted by molar-refractivity contribution is 0.0199. The summed E-state index contributed by atoms with van der Waals surface area (Å²) in [5, 5.41) is 10.6. The molecular weight excluding hydrogens is 352 g/mol. The highest BCUT2D eigenvalue weighted by Crippen LogP contribution is 2.29. The van der Waals surface area contributed by atoms with Crippen LogP contribution in [0.3, 0.4) is 0 Å². The molecule has 0 aliphatic carbocycles. The minimum Gasteiger partial charge on any atom is -0.389 e. The van der Waals surface area contributed by atoms with Gasteiger partial charge in [-0.15, -0.1) is 0 Å². The molecule has 28 heavy (non-hydrogen) atoms. The number of aliphatic hydroxyl groups excluding tert-OH is 1. The number of ether oxygens (including phenoxy) is 2. The molecule has 1 atom stereocenters. The average Bonchev–Trinajstić information content (AvgIpc) is 3.09. The number of aliphatic hydroxyl groups is 1. The van der Waals surface area contributed by atoms with Crippen molar-refractivity contribution >= 4 is 11.0 Å². The molecule has 2 heterocycles. The van der Waals surface area contributed by atoms with Crippen LogP contribution >= 0.6 is 0 Å². The molecule has 1 aromatic heterocycles. The van der Waals surface area contributed by atoms with Crippen molar-refractivity contribution in [3.63, 3.8) is 0 Å². The fourth-order valence-corrected chi connectivity index (χ4v) is 3.81. The molecule has 1 N–H and O–H groups in total. The third-order valence-electron chi connectivity index (χ3n) is 5.36. The first-order valence-corrected chi connectivity index (χ1v) is 10.0. The molecule has 0 radical (unpaired) electrons. The number of para-hydroxylation sites is 2. The van der Waals surface area contributed by atoms with E-state index in [1.54, 1.807) is 0 Å². The van der Waals surface area contributed by atoms with Crippen LogP contribution in [0, 0.1) is 6.92 Å².